The number of aromatic nitrogens is 1. The van der Waals surface area contributed by atoms with Crippen molar-refractivity contribution in [2.24, 2.45) is 0 Å². The largest absolute Gasteiger partial charge is 0.399 e. The first kappa shape index (κ1) is 11.5. The van der Waals surface area contributed by atoms with E-state index in [4.69, 9.17) is 5.73 Å². The molecule has 0 saturated heterocycles. The number of rotatable bonds is 4. The van der Waals surface area contributed by atoms with E-state index in [2.05, 4.69) is 28.9 Å². The molecular weight excluding hydrogens is 210 g/mol. The Labute approximate surface area is 102 Å². The van der Waals surface area contributed by atoms with Gasteiger partial charge in [-0.25, -0.2) is 0 Å². The van der Waals surface area contributed by atoms with Crippen molar-refractivity contribution in [3.8, 4) is 0 Å². The Morgan fingerprint density at radius 3 is 2.29 bits per heavy atom. The van der Waals surface area contributed by atoms with Gasteiger partial charge >= 0.3 is 0 Å². The number of nitrogen functional groups attached to an aromatic ring is 1. The number of nitrogens with two attached hydrogens (primary N) is 1. The molecule has 2 rings (SSSR count). The van der Waals surface area contributed by atoms with Crippen molar-refractivity contribution in [1.29, 1.82) is 0 Å². The van der Waals surface area contributed by atoms with Crippen LogP contribution >= 0.6 is 0 Å². The molecule has 0 atom stereocenters. The minimum absolute atomic E-state index is 0.806. The van der Waals surface area contributed by atoms with E-state index in [1.807, 2.05) is 36.7 Å². The molecule has 1 heterocycles. The minimum atomic E-state index is 0.806. The molecule has 0 aliphatic carbocycles. The highest BCUT2D eigenvalue weighted by molar-refractivity contribution is 5.46. The summed E-state index contributed by atoms with van der Waals surface area (Å²) in [6.45, 7) is 4.01. The molecule has 0 spiro atoms. The standard InChI is InChI=1S/C14H17N3/c1-2-17(14-7-9-16-10-8-14)11-12-3-5-13(15)6-4-12/h3-10H,2,11,15H2,1H3. The van der Waals surface area contributed by atoms with Crippen molar-refractivity contribution >= 4 is 11.4 Å². The predicted octanol–water partition coefficient (Wildman–Crippen LogP) is 2.69. The van der Waals surface area contributed by atoms with Crippen molar-refractivity contribution in [2.75, 3.05) is 17.2 Å². The number of benzene rings is 1. The highest BCUT2D eigenvalue weighted by Crippen LogP contribution is 2.16. The smallest absolute Gasteiger partial charge is 0.0429 e. The molecule has 1 aromatic carbocycles. The third kappa shape index (κ3) is 2.97. The Morgan fingerprint density at radius 2 is 1.71 bits per heavy atom. The number of anilines is 2. The van der Waals surface area contributed by atoms with E-state index in [0.717, 1.165) is 18.8 Å². The van der Waals surface area contributed by atoms with Crippen LogP contribution in [0.3, 0.4) is 0 Å². The Hall–Kier alpha value is -2.03. The zero-order valence-electron chi connectivity index (χ0n) is 10.0. The average Bonchev–Trinajstić information content (AvgIpc) is 2.39. The van der Waals surface area contributed by atoms with Crippen LogP contribution in [0.4, 0.5) is 11.4 Å². The van der Waals surface area contributed by atoms with Gasteiger partial charge < -0.3 is 10.6 Å². The topological polar surface area (TPSA) is 42.1 Å². The molecule has 2 N–H and O–H groups in total. The lowest BCUT2D eigenvalue weighted by Crippen LogP contribution is -2.21. The molecular formula is C14H17N3. The first-order valence-electron chi connectivity index (χ1n) is 5.79. The van der Waals surface area contributed by atoms with Gasteiger partial charge in [0.1, 0.15) is 0 Å². The van der Waals surface area contributed by atoms with Gasteiger partial charge in [0.05, 0.1) is 0 Å². The normalized spacial score (nSPS) is 10.2. The zero-order chi connectivity index (χ0) is 12.1. The van der Waals surface area contributed by atoms with E-state index in [1.165, 1.54) is 11.3 Å². The molecule has 0 aliphatic heterocycles. The summed E-state index contributed by atoms with van der Waals surface area (Å²) in [4.78, 5) is 6.34. The number of hydrogen-bond donors (Lipinski definition) is 1. The molecule has 0 aliphatic rings. The van der Waals surface area contributed by atoms with Crippen molar-refractivity contribution in [2.45, 2.75) is 13.5 Å². The van der Waals surface area contributed by atoms with Gasteiger partial charge in [0.25, 0.3) is 0 Å². The van der Waals surface area contributed by atoms with Gasteiger partial charge in [-0.3, -0.25) is 4.98 Å². The summed E-state index contributed by atoms with van der Waals surface area (Å²) in [7, 11) is 0. The maximum atomic E-state index is 5.68. The fourth-order valence-corrected chi connectivity index (χ4v) is 1.78. The molecule has 2 aromatic rings. The minimum Gasteiger partial charge on any atom is -0.399 e. The Morgan fingerprint density at radius 1 is 1.06 bits per heavy atom. The molecule has 0 radical (unpaired) electrons. The highest BCUT2D eigenvalue weighted by Gasteiger charge is 2.04. The quantitative estimate of drug-likeness (QED) is 0.816. The average molecular weight is 227 g/mol. The summed E-state index contributed by atoms with van der Waals surface area (Å²) >= 11 is 0. The summed E-state index contributed by atoms with van der Waals surface area (Å²) in [5.41, 5.74) is 8.94. The third-order valence-corrected chi connectivity index (χ3v) is 2.76. The lowest BCUT2D eigenvalue weighted by Gasteiger charge is -2.23. The van der Waals surface area contributed by atoms with Crippen LogP contribution in [0, 0.1) is 0 Å². The molecule has 0 saturated carbocycles. The summed E-state index contributed by atoms with van der Waals surface area (Å²) in [5.74, 6) is 0. The molecule has 88 valence electrons. The summed E-state index contributed by atoms with van der Waals surface area (Å²) in [6, 6.07) is 12.1. The van der Waals surface area contributed by atoms with Crippen LogP contribution < -0.4 is 10.6 Å². The maximum absolute atomic E-state index is 5.68. The molecule has 17 heavy (non-hydrogen) atoms. The van der Waals surface area contributed by atoms with E-state index < -0.39 is 0 Å². The van der Waals surface area contributed by atoms with Crippen molar-refractivity contribution in [3.05, 3.63) is 54.4 Å². The van der Waals surface area contributed by atoms with Gasteiger partial charge in [-0.15, -0.1) is 0 Å². The number of hydrogen-bond acceptors (Lipinski definition) is 3. The van der Waals surface area contributed by atoms with Crippen molar-refractivity contribution in [3.63, 3.8) is 0 Å². The second kappa shape index (κ2) is 5.34. The lowest BCUT2D eigenvalue weighted by atomic mass is 10.2. The molecule has 3 nitrogen and oxygen atoms in total. The van der Waals surface area contributed by atoms with E-state index in [0.29, 0.717) is 0 Å². The second-order valence-corrected chi connectivity index (χ2v) is 3.96. The van der Waals surface area contributed by atoms with Gasteiger partial charge in [-0.05, 0) is 36.8 Å². The second-order valence-electron chi connectivity index (χ2n) is 3.96. The summed E-state index contributed by atoms with van der Waals surface area (Å²) < 4.78 is 0. The SMILES string of the molecule is CCN(Cc1ccc(N)cc1)c1ccncc1. The van der Waals surface area contributed by atoms with Gasteiger partial charge in [0.15, 0.2) is 0 Å². The Balaban J connectivity index is 2.13. The number of nitrogens with zero attached hydrogens (tertiary/aromatic N) is 2. The monoisotopic (exact) mass is 227 g/mol. The van der Waals surface area contributed by atoms with Gasteiger partial charge in [-0.2, -0.15) is 0 Å². The van der Waals surface area contributed by atoms with Crippen LogP contribution in [-0.2, 0) is 6.54 Å². The highest BCUT2D eigenvalue weighted by atomic mass is 15.1. The molecule has 0 fully saturated rings. The van der Waals surface area contributed by atoms with Crippen LogP contribution in [0.5, 0.6) is 0 Å². The molecule has 1 aromatic heterocycles. The van der Waals surface area contributed by atoms with Gasteiger partial charge in [-0.1, -0.05) is 12.1 Å². The van der Waals surface area contributed by atoms with Crippen molar-refractivity contribution in [1.82, 2.24) is 4.98 Å². The lowest BCUT2D eigenvalue weighted by molar-refractivity contribution is 0.831. The van der Waals surface area contributed by atoms with Gasteiger partial charge in [0.2, 0.25) is 0 Å². The first-order chi connectivity index (χ1) is 8.29. The van der Waals surface area contributed by atoms with Gasteiger partial charge in [0, 0.05) is 36.9 Å². The molecule has 0 unspecified atom stereocenters. The van der Waals surface area contributed by atoms with Crippen LogP contribution in [0.25, 0.3) is 0 Å². The number of pyridine rings is 1. The van der Waals surface area contributed by atoms with Crippen LogP contribution in [0.1, 0.15) is 12.5 Å². The van der Waals surface area contributed by atoms with Crippen molar-refractivity contribution < 1.29 is 0 Å². The zero-order valence-corrected chi connectivity index (χ0v) is 10.0. The predicted molar refractivity (Wildman–Crippen MR) is 71.8 cm³/mol. The summed E-state index contributed by atoms with van der Waals surface area (Å²) in [6.07, 6.45) is 3.64. The first-order valence-corrected chi connectivity index (χ1v) is 5.79. The van der Waals surface area contributed by atoms with E-state index in [-0.39, 0.29) is 0 Å². The van der Waals surface area contributed by atoms with E-state index >= 15 is 0 Å². The third-order valence-electron chi connectivity index (χ3n) is 2.76. The van der Waals surface area contributed by atoms with Crippen LogP contribution in [-0.4, -0.2) is 11.5 Å². The Bertz CT molecular complexity index is 451. The molecule has 3 heteroatoms. The van der Waals surface area contributed by atoms with E-state index in [9.17, 15) is 0 Å². The van der Waals surface area contributed by atoms with E-state index in [1.54, 1.807) is 0 Å². The van der Waals surface area contributed by atoms with Crippen LogP contribution in [0.15, 0.2) is 48.8 Å². The molecule has 0 amide bonds. The Kier molecular flexibility index (Phi) is 3.60. The van der Waals surface area contributed by atoms with Crippen LogP contribution in [0.2, 0.25) is 0 Å². The molecule has 0 bridgehead atoms. The fourth-order valence-electron chi connectivity index (χ4n) is 1.78. The fraction of sp³-hybridized carbons (Fsp3) is 0.214. The summed E-state index contributed by atoms with van der Waals surface area (Å²) in [5, 5.41) is 0. The maximum Gasteiger partial charge on any atom is 0.0429 e.